The van der Waals surface area contributed by atoms with Crippen LogP contribution in [-0.4, -0.2) is 29.3 Å². The molecular formula is C78H47B3N6. The minimum Gasteiger partial charge on any atom is -0.312 e. The van der Waals surface area contributed by atoms with E-state index in [-0.39, 0.29) is 20.1 Å². The Morgan fingerprint density at radius 3 is 0.989 bits per heavy atom. The fraction of sp³-hybridized carbons (Fsp3) is 0. The van der Waals surface area contributed by atoms with Crippen molar-refractivity contribution in [3.05, 3.63) is 285 Å². The maximum absolute atomic E-state index is 2.72. The monoisotopic (exact) mass is 1100 g/mol. The Balaban J connectivity index is 0.937. The third-order valence-corrected chi connectivity index (χ3v) is 20.1. The van der Waals surface area contributed by atoms with Gasteiger partial charge in [0.25, 0.3) is 20.1 Å². The quantitative estimate of drug-likeness (QED) is 0.155. The Kier molecular flexibility index (Phi) is 8.94. The van der Waals surface area contributed by atoms with Crippen molar-refractivity contribution in [3.63, 3.8) is 0 Å². The van der Waals surface area contributed by atoms with Gasteiger partial charge in [-0.15, -0.1) is 0 Å². The summed E-state index contributed by atoms with van der Waals surface area (Å²) in [4.78, 5) is 10.4. The van der Waals surface area contributed by atoms with E-state index in [1.807, 2.05) is 0 Å². The Bertz CT molecular complexity index is 5110. The first-order valence-electron chi connectivity index (χ1n) is 30.4. The molecule has 0 saturated heterocycles. The largest absolute Gasteiger partial charge is 0.312 e. The first-order chi connectivity index (χ1) is 43.2. The summed E-state index contributed by atoms with van der Waals surface area (Å²) >= 11 is 0. The topological polar surface area (TPSA) is 22.8 Å². The lowest BCUT2D eigenvalue weighted by atomic mass is 9.26. The number of anilines is 12. The van der Waals surface area contributed by atoms with Crippen molar-refractivity contribution >= 4 is 181 Å². The Morgan fingerprint density at radius 1 is 0.230 bits per heavy atom. The molecule has 13 aromatic carbocycles. The molecule has 0 spiro atoms. The molecule has 0 saturated carbocycles. The van der Waals surface area contributed by atoms with Crippen molar-refractivity contribution in [2.45, 2.75) is 0 Å². The zero-order valence-electron chi connectivity index (χ0n) is 47.1. The first-order valence-corrected chi connectivity index (χ1v) is 30.4. The van der Waals surface area contributed by atoms with E-state index in [1.54, 1.807) is 0 Å². The molecule has 8 heterocycles. The van der Waals surface area contributed by atoms with Crippen LogP contribution in [0, 0.1) is 0 Å². The lowest BCUT2D eigenvalue weighted by Gasteiger charge is -2.52. The molecule has 0 amide bonds. The van der Waals surface area contributed by atoms with Crippen LogP contribution in [0.25, 0.3) is 55.0 Å². The van der Waals surface area contributed by atoms with E-state index in [2.05, 4.69) is 314 Å². The number of nitrogens with zero attached hydrogens (tertiary/aromatic N) is 6. The van der Waals surface area contributed by atoms with E-state index in [1.165, 1.54) is 138 Å². The molecule has 87 heavy (non-hydrogen) atoms. The first kappa shape index (κ1) is 46.3. The van der Waals surface area contributed by atoms with Crippen LogP contribution in [0.1, 0.15) is 0 Å². The van der Waals surface area contributed by atoms with E-state index in [4.69, 9.17) is 0 Å². The minimum absolute atomic E-state index is 0.0612. The van der Waals surface area contributed by atoms with Crippen LogP contribution in [-0.2, 0) is 0 Å². The highest BCUT2D eigenvalue weighted by Gasteiger charge is 2.54. The summed E-state index contributed by atoms with van der Waals surface area (Å²) < 4.78 is 5.23. The lowest BCUT2D eigenvalue weighted by molar-refractivity contribution is 1.16. The maximum Gasteiger partial charge on any atom is 0.252 e. The molecule has 0 bridgehead atoms. The van der Waals surface area contributed by atoms with Crippen LogP contribution in [0.15, 0.2) is 285 Å². The van der Waals surface area contributed by atoms with Gasteiger partial charge in [0.15, 0.2) is 0 Å². The molecule has 0 aliphatic carbocycles. The van der Waals surface area contributed by atoms with Crippen LogP contribution in [0.4, 0.5) is 68.2 Å². The number of fused-ring (bicyclic) bond motifs is 20. The second kappa shape index (κ2) is 16.8. The van der Waals surface area contributed by atoms with Gasteiger partial charge in [-0.1, -0.05) is 188 Å². The summed E-state index contributed by atoms with van der Waals surface area (Å²) in [6, 6.07) is 108. The number of aromatic nitrogens is 2. The van der Waals surface area contributed by atoms with Gasteiger partial charge < -0.3 is 28.7 Å². The van der Waals surface area contributed by atoms with Gasteiger partial charge in [0, 0.05) is 101 Å². The van der Waals surface area contributed by atoms with E-state index in [0.717, 1.165) is 34.1 Å². The molecule has 0 unspecified atom stereocenters. The Morgan fingerprint density at radius 2 is 0.563 bits per heavy atom. The highest BCUT2D eigenvalue weighted by Crippen LogP contribution is 2.51. The molecule has 6 nitrogen and oxygen atoms in total. The summed E-state index contributed by atoms with van der Waals surface area (Å²) in [7, 11) is 0. The van der Waals surface area contributed by atoms with E-state index in [9.17, 15) is 0 Å². The molecule has 0 fully saturated rings. The second-order valence-electron chi connectivity index (χ2n) is 24.3. The molecule has 9 heteroatoms. The molecule has 0 radical (unpaired) electrons. The number of hydrogen-bond acceptors (Lipinski definition) is 4. The smallest absolute Gasteiger partial charge is 0.252 e. The SMILES string of the molecule is c1ccc(N(c2ccccc2)c2cc3c4c(c2)-n2c5ccccc5c5cccc(c52)B4c2cc4c5c6c2N3c2ccccc2B6c2ccccc2N5c2cc(N(c3ccccc3)c3ccccc3)cc3c2B4c2cccc4c5ccccc5n-3c24)cc1. The number of rotatable bonds is 6. The Labute approximate surface area is 503 Å². The fourth-order valence-corrected chi connectivity index (χ4v) is 17.1. The average molecular weight is 1100 g/mol. The van der Waals surface area contributed by atoms with Gasteiger partial charge in [-0.2, -0.15) is 0 Å². The average Bonchev–Trinajstić information content (AvgIpc) is 1.44. The van der Waals surface area contributed by atoms with Crippen LogP contribution >= 0.6 is 0 Å². The van der Waals surface area contributed by atoms with Crippen LogP contribution in [0.3, 0.4) is 0 Å². The van der Waals surface area contributed by atoms with Crippen molar-refractivity contribution in [1.29, 1.82) is 0 Å². The van der Waals surface area contributed by atoms with Crippen molar-refractivity contribution in [2.24, 2.45) is 0 Å². The predicted octanol–water partition coefficient (Wildman–Crippen LogP) is 13.2. The summed E-state index contributed by atoms with van der Waals surface area (Å²) in [5.41, 5.74) is 33.6. The zero-order chi connectivity index (χ0) is 56.3. The van der Waals surface area contributed by atoms with Gasteiger partial charge in [-0.3, -0.25) is 0 Å². The summed E-state index contributed by atoms with van der Waals surface area (Å²) in [5, 5.41) is 5.09. The second-order valence-corrected chi connectivity index (χ2v) is 24.3. The maximum atomic E-state index is 2.72. The lowest BCUT2D eigenvalue weighted by Crippen LogP contribution is -2.72. The molecule has 0 atom stereocenters. The van der Waals surface area contributed by atoms with E-state index < -0.39 is 0 Å². The standard InChI is InChI=1S/C78H47B3N6/c1-5-23-48(24-6-1)82(49-25-7-2-8-26-49)52-43-68-72-70(45-52)86-66-41-19-15-35-58(66)79-59-36-16-20-42-67(59)87-71-46-53(83(50-27-9-3-10-28-50)51-29-11-4-12-30-51)44-69-73(71)81(61-38-22-34-57-55-32-14-18-40-65(55)85(69)76(57)61)63-47-62(77(86)74(79)78(63)87)80(72)60-37-21-33-56-54-31-13-17-39-64(54)84(68)75(56)60/h1-47H. The summed E-state index contributed by atoms with van der Waals surface area (Å²) in [6.45, 7) is -0.265. The van der Waals surface area contributed by atoms with E-state index in [0.29, 0.717) is 0 Å². The third-order valence-electron chi connectivity index (χ3n) is 20.1. The molecule has 0 N–H and O–H groups in total. The molecule has 21 rings (SSSR count). The minimum atomic E-state index is -0.102. The summed E-state index contributed by atoms with van der Waals surface area (Å²) in [5.74, 6) is 0. The van der Waals surface area contributed by atoms with Gasteiger partial charge in [0.2, 0.25) is 0 Å². The van der Waals surface area contributed by atoms with Crippen molar-refractivity contribution in [3.8, 4) is 11.4 Å². The molecule has 15 aromatic rings. The Hall–Kier alpha value is -11.1. The van der Waals surface area contributed by atoms with Crippen molar-refractivity contribution < 1.29 is 0 Å². The van der Waals surface area contributed by atoms with Gasteiger partial charge in [0.05, 0.1) is 22.4 Å². The number of hydrogen-bond donors (Lipinski definition) is 0. The normalized spacial score (nSPS) is 13.6. The van der Waals surface area contributed by atoms with Crippen molar-refractivity contribution in [2.75, 3.05) is 19.6 Å². The molecule has 6 aliphatic heterocycles. The highest BCUT2D eigenvalue weighted by atomic mass is 15.2. The predicted molar refractivity (Wildman–Crippen MR) is 368 cm³/mol. The zero-order valence-corrected chi connectivity index (χ0v) is 47.1. The summed E-state index contributed by atoms with van der Waals surface area (Å²) in [6.07, 6.45) is 0. The van der Waals surface area contributed by atoms with E-state index >= 15 is 0 Å². The van der Waals surface area contributed by atoms with Crippen LogP contribution in [0.2, 0.25) is 0 Å². The van der Waals surface area contributed by atoms with Crippen LogP contribution < -0.4 is 68.8 Å². The molecule has 2 aromatic heterocycles. The third kappa shape index (κ3) is 5.84. The van der Waals surface area contributed by atoms with Gasteiger partial charge in [-0.05, 0) is 146 Å². The number of benzene rings is 13. The van der Waals surface area contributed by atoms with Gasteiger partial charge >= 0.3 is 0 Å². The van der Waals surface area contributed by atoms with Gasteiger partial charge in [-0.25, -0.2) is 0 Å². The molecule has 398 valence electrons. The highest BCUT2D eigenvalue weighted by molar-refractivity contribution is 7.07. The number of para-hydroxylation sites is 10. The molecular weight excluding hydrogens is 1050 g/mol. The fourth-order valence-electron chi connectivity index (χ4n) is 17.1. The molecule has 6 aliphatic rings. The van der Waals surface area contributed by atoms with Crippen molar-refractivity contribution in [1.82, 2.24) is 9.13 Å². The van der Waals surface area contributed by atoms with Gasteiger partial charge in [0.1, 0.15) is 0 Å². The van der Waals surface area contributed by atoms with Crippen LogP contribution in [0.5, 0.6) is 0 Å².